The number of ether oxygens (including phenoxy) is 2. The van der Waals surface area contributed by atoms with Gasteiger partial charge in [-0.15, -0.1) is 0 Å². The average Bonchev–Trinajstić information content (AvgIpc) is 2.71. The zero-order valence-electron chi connectivity index (χ0n) is 12.7. The van der Waals surface area contributed by atoms with Crippen LogP contribution in [0.25, 0.3) is 5.57 Å². The molecule has 1 aliphatic carbocycles. The Morgan fingerprint density at radius 3 is 2.64 bits per heavy atom. The maximum atomic E-state index is 12.6. The third-order valence-corrected chi connectivity index (χ3v) is 4.93. The minimum atomic E-state index is -0.496. The summed E-state index contributed by atoms with van der Waals surface area (Å²) in [6.45, 7) is 3.02. The molecule has 2 aliphatic rings. The highest BCUT2D eigenvalue weighted by atomic mass is 35.5. The van der Waals surface area contributed by atoms with Crippen molar-refractivity contribution < 1.29 is 19.4 Å². The highest BCUT2D eigenvalue weighted by molar-refractivity contribution is 6.36. The number of aliphatic hydroxyl groups excluding tert-OH is 1. The monoisotopic (exact) mass is 322 g/mol. The minimum Gasteiger partial charge on any atom is -0.511 e. The Morgan fingerprint density at radius 2 is 2.00 bits per heavy atom. The molecule has 0 bridgehead atoms. The number of aryl methyl sites for hydroxylation is 1. The number of carbonyl (C=O) groups excluding carboxylic acids is 1. The molecule has 0 unspecified atom stereocenters. The van der Waals surface area contributed by atoms with Gasteiger partial charge < -0.3 is 14.6 Å². The molecule has 1 fully saturated rings. The van der Waals surface area contributed by atoms with Crippen molar-refractivity contribution in [1.82, 2.24) is 0 Å². The number of Topliss-reactive ketones (excluding diaryl/α,β-unsaturated/α-hetero) is 1. The fourth-order valence-corrected chi connectivity index (χ4v) is 3.78. The lowest BCUT2D eigenvalue weighted by atomic mass is 9.78. The number of allylic oxidation sites excluding steroid dienone is 2. The first-order chi connectivity index (χ1) is 10.5. The van der Waals surface area contributed by atoms with Crippen LogP contribution in [-0.2, 0) is 9.53 Å². The summed E-state index contributed by atoms with van der Waals surface area (Å²) < 4.78 is 10.8. The van der Waals surface area contributed by atoms with Gasteiger partial charge in [0.2, 0.25) is 0 Å². The Kier molecular flexibility index (Phi) is 3.91. The number of carbonyl (C=O) groups is 1. The van der Waals surface area contributed by atoms with E-state index < -0.39 is 5.41 Å². The molecular weight excluding hydrogens is 304 g/mol. The van der Waals surface area contributed by atoms with E-state index >= 15 is 0 Å². The van der Waals surface area contributed by atoms with E-state index in [9.17, 15) is 9.90 Å². The van der Waals surface area contributed by atoms with Gasteiger partial charge in [-0.05, 0) is 37.5 Å². The summed E-state index contributed by atoms with van der Waals surface area (Å²) in [5.74, 6) is 0.581. The maximum absolute atomic E-state index is 12.6. The normalized spacial score (nSPS) is 20.8. The molecule has 118 valence electrons. The van der Waals surface area contributed by atoms with Crippen LogP contribution in [0.15, 0.2) is 17.9 Å². The molecule has 1 N–H and O–H groups in total. The van der Waals surface area contributed by atoms with Crippen molar-refractivity contribution in [2.75, 3.05) is 20.3 Å². The van der Waals surface area contributed by atoms with Gasteiger partial charge in [0, 0.05) is 30.6 Å². The zero-order valence-corrected chi connectivity index (χ0v) is 13.5. The molecule has 5 heteroatoms. The van der Waals surface area contributed by atoms with Crippen LogP contribution in [0.4, 0.5) is 0 Å². The highest BCUT2D eigenvalue weighted by Crippen LogP contribution is 2.51. The average molecular weight is 323 g/mol. The molecule has 4 nitrogen and oxygen atoms in total. The first-order valence-electron chi connectivity index (χ1n) is 7.38. The van der Waals surface area contributed by atoms with Crippen molar-refractivity contribution >= 4 is 23.0 Å². The Labute approximate surface area is 134 Å². The largest absolute Gasteiger partial charge is 0.511 e. The number of aliphatic hydroxyl groups is 1. The number of ketones is 1. The smallest absolute Gasteiger partial charge is 0.168 e. The van der Waals surface area contributed by atoms with Crippen LogP contribution in [0.3, 0.4) is 0 Å². The van der Waals surface area contributed by atoms with Crippen LogP contribution >= 0.6 is 11.6 Å². The molecule has 0 atom stereocenters. The van der Waals surface area contributed by atoms with Crippen molar-refractivity contribution in [3.63, 3.8) is 0 Å². The fourth-order valence-electron chi connectivity index (χ4n) is 3.42. The molecule has 1 heterocycles. The van der Waals surface area contributed by atoms with Gasteiger partial charge in [-0.3, -0.25) is 4.79 Å². The van der Waals surface area contributed by atoms with Crippen LogP contribution in [0.2, 0.25) is 5.02 Å². The van der Waals surface area contributed by atoms with Gasteiger partial charge in [-0.2, -0.15) is 0 Å². The van der Waals surface area contributed by atoms with E-state index in [1.165, 1.54) is 7.11 Å². The van der Waals surface area contributed by atoms with Gasteiger partial charge >= 0.3 is 0 Å². The molecule has 1 saturated heterocycles. The predicted molar refractivity (Wildman–Crippen MR) is 84.4 cm³/mol. The van der Waals surface area contributed by atoms with E-state index in [1.807, 2.05) is 13.0 Å². The molecular formula is C17H19ClO4. The molecule has 1 aliphatic heterocycles. The maximum Gasteiger partial charge on any atom is 0.168 e. The molecule has 1 aromatic rings. The van der Waals surface area contributed by atoms with E-state index in [4.69, 9.17) is 21.1 Å². The fraction of sp³-hybridized carbons (Fsp3) is 0.471. The van der Waals surface area contributed by atoms with Crippen LogP contribution in [0.5, 0.6) is 5.75 Å². The number of benzene rings is 1. The Morgan fingerprint density at radius 1 is 1.32 bits per heavy atom. The number of methoxy groups -OCH3 is 1. The predicted octanol–water partition coefficient (Wildman–Crippen LogP) is 3.70. The van der Waals surface area contributed by atoms with Crippen LogP contribution in [0.1, 0.15) is 30.4 Å². The molecule has 1 aromatic carbocycles. The van der Waals surface area contributed by atoms with Crippen molar-refractivity contribution in [2.24, 2.45) is 5.41 Å². The highest BCUT2D eigenvalue weighted by Gasteiger charge is 2.48. The summed E-state index contributed by atoms with van der Waals surface area (Å²) in [5.41, 5.74) is 1.26. The number of hydrogen-bond acceptors (Lipinski definition) is 4. The van der Waals surface area contributed by atoms with Gasteiger partial charge in [0.05, 0.1) is 17.7 Å². The van der Waals surface area contributed by atoms with E-state index in [0.717, 1.165) is 5.56 Å². The van der Waals surface area contributed by atoms with Gasteiger partial charge in [-0.25, -0.2) is 0 Å². The van der Waals surface area contributed by atoms with E-state index in [2.05, 4.69) is 0 Å². The number of halogens is 1. The number of hydrogen-bond donors (Lipinski definition) is 1. The summed E-state index contributed by atoms with van der Waals surface area (Å²) >= 11 is 6.35. The van der Waals surface area contributed by atoms with E-state index in [1.54, 1.807) is 6.07 Å². The first-order valence-corrected chi connectivity index (χ1v) is 7.75. The van der Waals surface area contributed by atoms with Crippen LogP contribution in [-0.4, -0.2) is 31.2 Å². The quantitative estimate of drug-likeness (QED) is 0.902. The molecule has 0 aromatic heterocycles. The van der Waals surface area contributed by atoms with E-state index in [0.29, 0.717) is 54.4 Å². The second-order valence-corrected chi connectivity index (χ2v) is 6.45. The molecule has 0 amide bonds. The van der Waals surface area contributed by atoms with Gasteiger partial charge in [0.1, 0.15) is 11.5 Å². The second-order valence-electron chi connectivity index (χ2n) is 6.04. The molecule has 22 heavy (non-hydrogen) atoms. The Balaban J connectivity index is 2.17. The van der Waals surface area contributed by atoms with Gasteiger partial charge in [0.15, 0.2) is 5.78 Å². The second kappa shape index (κ2) is 5.60. The van der Waals surface area contributed by atoms with Gasteiger partial charge in [-0.1, -0.05) is 11.6 Å². The van der Waals surface area contributed by atoms with Crippen molar-refractivity contribution in [2.45, 2.75) is 26.2 Å². The summed E-state index contributed by atoms with van der Waals surface area (Å²) in [4.78, 5) is 12.6. The molecule has 0 radical (unpaired) electrons. The molecule has 0 saturated carbocycles. The lowest BCUT2D eigenvalue weighted by Crippen LogP contribution is -2.29. The zero-order chi connectivity index (χ0) is 15.9. The molecule has 1 spiro atoms. The minimum absolute atomic E-state index is 0.0801. The summed E-state index contributed by atoms with van der Waals surface area (Å²) in [5, 5.41) is 11.2. The third kappa shape index (κ3) is 2.31. The molecule has 3 rings (SSSR count). The lowest BCUT2D eigenvalue weighted by Gasteiger charge is -2.32. The van der Waals surface area contributed by atoms with Crippen molar-refractivity contribution in [3.8, 4) is 5.75 Å². The van der Waals surface area contributed by atoms with Crippen molar-refractivity contribution in [1.29, 1.82) is 0 Å². The first kappa shape index (κ1) is 15.4. The SMILES string of the molecule is COc1cc(C)cc(Cl)c1C1=C(O)C2(CCOCC2)CC1=O. The summed E-state index contributed by atoms with van der Waals surface area (Å²) in [6.07, 6.45) is 1.62. The Hall–Kier alpha value is -1.52. The summed E-state index contributed by atoms with van der Waals surface area (Å²) in [7, 11) is 1.54. The van der Waals surface area contributed by atoms with E-state index in [-0.39, 0.29) is 11.5 Å². The standard InChI is InChI=1S/C17H19ClO4/c1-10-7-11(18)14(13(8-10)21-2)15-12(19)9-17(16(15)20)3-5-22-6-4-17/h7-8,20H,3-6,9H2,1-2H3. The van der Waals surface area contributed by atoms with Crippen LogP contribution in [0, 0.1) is 12.3 Å². The van der Waals surface area contributed by atoms with Gasteiger partial charge in [0.25, 0.3) is 0 Å². The third-order valence-electron chi connectivity index (χ3n) is 4.64. The van der Waals surface area contributed by atoms with Crippen molar-refractivity contribution in [3.05, 3.63) is 34.0 Å². The lowest BCUT2D eigenvalue weighted by molar-refractivity contribution is -0.115. The number of rotatable bonds is 2. The Bertz CT molecular complexity index is 657. The summed E-state index contributed by atoms with van der Waals surface area (Å²) in [6, 6.07) is 3.60. The van der Waals surface area contributed by atoms with Crippen LogP contribution < -0.4 is 4.74 Å². The topological polar surface area (TPSA) is 55.8 Å².